The summed E-state index contributed by atoms with van der Waals surface area (Å²) in [5.74, 6) is -0.0235. The van der Waals surface area contributed by atoms with Gasteiger partial charge in [-0.1, -0.05) is 11.3 Å². The number of hydrogen-bond donors (Lipinski definition) is 1. The molecule has 0 bridgehead atoms. The first-order chi connectivity index (χ1) is 11.6. The maximum absolute atomic E-state index is 13.5. The molecule has 2 aromatic carbocycles. The van der Waals surface area contributed by atoms with E-state index in [9.17, 15) is 9.18 Å². The number of amides is 1. The molecular formula is C16H11FN4O3. The molecule has 1 amide bonds. The van der Waals surface area contributed by atoms with Crippen LogP contribution in [-0.4, -0.2) is 27.7 Å². The monoisotopic (exact) mass is 326 g/mol. The molecule has 0 unspecified atom stereocenters. The number of fused-ring (bicyclic) bond motifs is 1. The minimum Gasteiger partial charge on any atom is -0.454 e. The van der Waals surface area contributed by atoms with E-state index < -0.39 is 11.7 Å². The molecule has 8 heteroatoms. The number of halogens is 1. The second kappa shape index (κ2) is 5.34. The third-order valence-corrected chi connectivity index (χ3v) is 3.60. The van der Waals surface area contributed by atoms with Gasteiger partial charge in [-0.2, -0.15) is 0 Å². The Morgan fingerprint density at radius 3 is 2.79 bits per heavy atom. The third-order valence-electron chi connectivity index (χ3n) is 3.60. The van der Waals surface area contributed by atoms with E-state index in [0.29, 0.717) is 28.4 Å². The molecule has 3 aromatic rings. The Kier molecular flexibility index (Phi) is 3.16. The summed E-state index contributed by atoms with van der Waals surface area (Å²) in [5, 5.41) is 7.78. The van der Waals surface area contributed by atoms with Crippen molar-refractivity contribution in [2.24, 2.45) is 5.73 Å². The number of carbonyl (C=O) groups excluding carboxylic acids is 1. The van der Waals surface area contributed by atoms with Gasteiger partial charge < -0.3 is 15.2 Å². The maximum Gasteiger partial charge on any atom is 0.271 e. The van der Waals surface area contributed by atoms with E-state index in [1.165, 1.54) is 16.8 Å². The summed E-state index contributed by atoms with van der Waals surface area (Å²) >= 11 is 0. The number of ether oxygens (including phenoxy) is 2. The lowest BCUT2D eigenvalue weighted by Gasteiger charge is -2.08. The molecule has 4 rings (SSSR count). The Morgan fingerprint density at radius 1 is 1.17 bits per heavy atom. The predicted molar refractivity (Wildman–Crippen MR) is 81.4 cm³/mol. The second-order valence-electron chi connectivity index (χ2n) is 5.11. The fraction of sp³-hybridized carbons (Fsp3) is 0.0625. The second-order valence-corrected chi connectivity index (χ2v) is 5.11. The lowest BCUT2D eigenvalue weighted by molar-refractivity contribution is 0.0996. The molecule has 2 N–H and O–H groups in total. The van der Waals surface area contributed by atoms with E-state index in [-0.39, 0.29) is 12.5 Å². The van der Waals surface area contributed by atoms with Gasteiger partial charge in [0.1, 0.15) is 11.5 Å². The fourth-order valence-electron chi connectivity index (χ4n) is 2.54. The van der Waals surface area contributed by atoms with Crippen LogP contribution in [0.1, 0.15) is 10.5 Å². The van der Waals surface area contributed by atoms with Gasteiger partial charge in [0.2, 0.25) is 6.79 Å². The zero-order chi connectivity index (χ0) is 16.7. The molecule has 1 aliphatic heterocycles. The summed E-state index contributed by atoms with van der Waals surface area (Å²) < 4.78 is 25.5. The van der Waals surface area contributed by atoms with E-state index in [1.54, 1.807) is 30.3 Å². The zero-order valence-electron chi connectivity index (χ0n) is 12.3. The largest absolute Gasteiger partial charge is 0.454 e. The number of carbonyl (C=O) groups is 1. The minimum absolute atomic E-state index is 0.0156. The van der Waals surface area contributed by atoms with Gasteiger partial charge in [-0.3, -0.25) is 4.79 Å². The Bertz CT molecular complexity index is 954. The highest BCUT2D eigenvalue weighted by molar-refractivity contribution is 5.97. The highest BCUT2D eigenvalue weighted by atomic mass is 19.1. The molecule has 1 aromatic heterocycles. The number of nitrogens with zero attached hydrogens (tertiary/aromatic N) is 3. The van der Waals surface area contributed by atoms with Gasteiger partial charge in [0.05, 0.1) is 5.69 Å². The lowest BCUT2D eigenvalue weighted by Crippen LogP contribution is -2.13. The minimum atomic E-state index is -0.731. The average molecular weight is 326 g/mol. The van der Waals surface area contributed by atoms with Crippen molar-refractivity contribution in [1.29, 1.82) is 0 Å². The van der Waals surface area contributed by atoms with Crippen LogP contribution in [0.2, 0.25) is 0 Å². The van der Waals surface area contributed by atoms with Gasteiger partial charge in [0, 0.05) is 5.56 Å². The summed E-state index contributed by atoms with van der Waals surface area (Å²) in [5.41, 5.74) is 6.76. The molecule has 0 spiro atoms. The highest BCUT2D eigenvalue weighted by Gasteiger charge is 2.23. The van der Waals surface area contributed by atoms with E-state index in [0.717, 1.165) is 0 Å². The van der Waals surface area contributed by atoms with Gasteiger partial charge in [-0.25, -0.2) is 9.07 Å². The summed E-state index contributed by atoms with van der Waals surface area (Å²) in [6.45, 7) is 0.128. The van der Waals surface area contributed by atoms with Crippen LogP contribution in [0.15, 0.2) is 42.5 Å². The smallest absolute Gasteiger partial charge is 0.271 e. The summed E-state index contributed by atoms with van der Waals surface area (Å²) in [6.07, 6.45) is 0. The van der Waals surface area contributed by atoms with Crippen LogP contribution < -0.4 is 15.2 Å². The molecule has 0 aliphatic carbocycles. The van der Waals surface area contributed by atoms with Crippen LogP contribution in [0.25, 0.3) is 16.9 Å². The van der Waals surface area contributed by atoms with E-state index >= 15 is 0 Å². The lowest BCUT2D eigenvalue weighted by atomic mass is 10.1. The number of nitrogens with two attached hydrogens (primary N) is 1. The van der Waals surface area contributed by atoms with Gasteiger partial charge in [0.25, 0.3) is 5.91 Å². The van der Waals surface area contributed by atoms with Gasteiger partial charge in [-0.05, 0) is 36.4 Å². The predicted octanol–water partition coefficient (Wildman–Crippen LogP) is 1.90. The third kappa shape index (κ3) is 2.24. The first-order valence-electron chi connectivity index (χ1n) is 7.05. The van der Waals surface area contributed by atoms with Crippen LogP contribution in [0.5, 0.6) is 11.5 Å². The van der Waals surface area contributed by atoms with Crippen molar-refractivity contribution < 1.29 is 18.7 Å². The van der Waals surface area contributed by atoms with Crippen LogP contribution in [0.4, 0.5) is 4.39 Å². The van der Waals surface area contributed by atoms with E-state index in [1.807, 2.05) is 0 Å². The Morgan fingerprint density at radius 2 is 2.00 bits per heavy atom. The standard InChI is InChI=1S/C16H11FN4O3/c17-10-2-1-3-11(7-10)21-15(14(16(18)22)19-20-21)9-4-5-12-13(6-9)24-8-23-12/h1-7H,8H2,(H2,18,22). The van der Waals surface area contributed by atoms with Gasteiger partial charge >= 0.3 is 0 Å². The molecule has 0 atom stereocenters. The summed E-state index contributed by atoms with van der Waals surface area (Å²) in [4.78, 5) is 11.7. The number of hydrogen-bond acceptors (Lipinski definition) is 5. The molecule has 0 radical (unpaired) electrons. The van der Waals surface area contributed by atoms with Gasteiger partial charge in [-0.15, -0.1) is 5.10 Å². The maximum atomic E-state index is 13.5. The molecule has 120 valence electrons. The summed E-state index contributed by atoms with van der Waals surface area (Å²) in [7, 11) is 0. The average Bonchev–Trinajstić information content (AvgIpc) is 3.20. The zero-order valence-corrected chi connectivity index (χ0v) is 12.3. The first-order valence-corrected chi connectivity index (χ1v) is 7.05. The highest BCUT2D eigenvalue weighted by Crippen LogP contribution is 2.37. The Balaban J connectivity index is 1.93. The van der Waals surface area contributed by atoms with Crippen molar-refractivity contribution in [1.82, 2.24) is 15.0 Å². The molecule has 7 nitrogen and oxygen atoms in total. The molecule has 24 heavy (non-hydrogen) atoms. The molecule has 0 saturated heterocycles. The van der Waals surface area contributed by atoms with Crippen molar-refractivity contribution in [3.8, 4) is 28.4 Å². The number of primary amides is 1. The number of aromatic nitrogens is 3. The molecular weight excluding hydrogens is 315 g/mol. The summed E-state index contributed by atoms with van der Waals surface area (Å²) in [6, 6.07) is 10.9. The molecule has 2 heterocycles. The fourth-order valence-corrected chi connectivity index (χ4v) is 2.54. The number of rotatable bonds is 3. The number of benzene rings is 2. The van der Waals surface area contributed by atoms with Crippen LogP contribution in [-0.2, 0) is 0 Å². The van der Waals surface area contributed by atoms with E-state index in [4.69, 9.17) is 15.2 Å². The quantitative estimate of drug-likeness (QED) is 0.793. The Labute approximate surface area is 135 Å². The van der Waals surface area contributed by atoms with Crippen molar-refractivity contribution in [3.63, 3.8) is 0 Å². The van der Waals surface area contributed by atoms with Crippen LogP contribution >= 0.6 is 0 Å². The van der Waals surface area contributed by atoms with Crippen molar-refractivity contribution >= 4 is 5.91 Å². The molecule has 0 saturated carbocycles. The van der Waals surface area contributed by atoms with Crippen LogP contribution in [0, 0.1) is 5.82 Å². The van der Waals surface area contributed by atoms with Crippen molar-refractivity contribution in [2.45, 2.75) is 0 Å². The topological polar surface area (TPSA) is 92.3 Å². The van der Waals surface area contributed by atoms with Crippen molar-refractivity contribution in [2.75, 3.05) is 6.79 Å². The normalized spacial score (nSPS) is 12.4. The molecule has 1 aliphatic rings. The van der Waals surface area contributed by atoms with Crippen LogP contribution in [0.3, 0.4) is 0 Å². The van der Waals surface area contributed by atoms with Crippen molar-refractivity contribution in [3.05, 3.63) is 54.0 Å². The molecule has 0 fully saturated rings. The first kappa shape index (κ1) is 14.2. The van der Waals surface area contributed by atoms with E-state index in [2.05, 4.69) is 10.3 Å². The van der Waals surface area contributed by atoms with Gasteiger partial charge in [0.15, 0.2) is 17.2 Å². The SMILES string of the molecule is NC(=O)c1nnn(-c2cccc(F)c2)c1-c1ccc2c(c1)OCO2. The Hall–Kier alpha value is -3.42.